The van der Waals surface area contributed by atoms with Gasteiger partial charge in [0.05, 0.1) is 5.56 Å². The normalized spacial score (nSPS) is 10.8. The number of esters is 1. The van der Waals surface area contributed by atoms with Crippen LogP contribution >= 0.6 is 0 Å². The first-order chi connectivity index (χ1) is 13.0. The highest BCUT2D eigenvalue weighted by Gasteiger charge is 2.14. The summed E-state index contributed by atoms with van der Waals surface area (Å²) in [7, 11) is 0. The first kappa shape index (κ1) is 21.0. The number of hydrogen-bond acceptors (Lipinski definition) is 2. The van der Waals surface area contributed by atoms with Gasteiger partial charge in [0, 0.05) is 12.1 Å². The van der Waals surface area contributed by atoms with Crippen LogP contribution in [0.25, 0.3) is 0 Å². The van der Waals surface area contributed by atoms with E-state index in [2.05, 4.69) is 6.92 Å². The van der Waals surface area contributed by atoms with E-state index in [0.717, 1.165) is 18.4 Å². The summed E-state index contributed by atoms with van der Waals surface area (Å²) in [5.41, 5.74) is 1.39. The van der Waals surface area contributed by atoms with Crippen LogP contribution in [0.2, 0.25) is 0 Å². The second kappa shape index (κ2) is 10.8. The minimum Gasteiger partial charge on any atom is -0.423 e. The molecule has 2 rings (SSSR count). The maximum atomic E-state index is 13.2. The van der Waals surface area contributed by atoms with Crippen molar-refractivity contribution >= 4 is 5.97 Å². The molecule has 0 amide bonds. The molecule has 0 aromatic heterocycles. The van der Waals surface area contributed by atoms with Crippen molar-refractivity contribution in [1.82, 2.24) is 0 Å². The molecule has 5 heteroatoms. The van der Waals surface area contributed by atoms with Gasteiger partial charge in [-0.1, -0.05) is 57.6 Å². The van der Waals surface area contributed by atoms with Crippen molar-refractivity contribution in [3.05, 3.63) is 65.0 Å². The van der Waals surface area contributed by atoms with Gasteiger partial charge in [-0.05, 0) is 30.5 Å². The Hall–Kier alpha value is -2.30. The molecule has 0 fully saturated rings. The Labute approximate surface area is 158 Å². The van der Waals surface area contributed by atoms with E-state index in [1.54, 1.807) is 12.1 Å². The zero-order chi connectivity index (χ0) is 19.6. The van der Waals surface area contributed by atoms with Gasteiger partial charge >= 0.3 is 5.97 Å². The summed E-state index contributed by atoms with van der Waals surface area (Å²) in [6.07, 6.45) is 9.61. The maximum absolute atomic E-state index is 13.2. The van der Waals surface area contributed by atoms with E-state index in [9.17, 15) is 18.0 Å². The van der Waals surface area contributed by atoms with Crippen LogP contribution in [0, 0.1) is 17.5 Å². The number of benzene rings is 2. The first-order valence-corrected chi connectivity index (χ1v) is 9.47. The zero-order valence-electron chi connectivity index (χ0n) is 15.6. The first-order valence-electron chi connectivity index (χ1n) is 9.47. The number of carbonyl (C=O) groups excluding carboxylic acids is 1. The number of aryl methyl sites for hydroxylation is 1. The van der Waals surface area contributed by atoms with Gasteiger partial charge in [0.2, 0.25) is 0 Å². The molecule has 0 bridgehead atoms. The third-order valence-electron chi connectivity index (χ3n) is 4.43. The SMILES string of the molecule is CCCCCCCCCc1ccc(C(=O)Oc2cc(F)c(F)c(F)c2)cc1. The van der Waals surface area contributed by atoms with E-state index in [0.29, 0.717) is 12.1 Å². The molecule has 2 aromatic rings. The smallest absolute Gasteiger partial charge is 0.343 e. The number of halogens is 3. The number of hydrogen-bond donors (Lipinski definition) is 0. The van der Waals surface area contributed by atoms with Crippen molar-refractivity contribution in [3.8, 4) is 5.75 Å². The fourth-order valence-electron chi connectivity index (χ4n) is 2.85. The molecule has 0 saturated heterocycles. The maximum Gasteiger partial charge on any atom is 0.343 e. The summed E-state index contributed by atoms with van der Waals surface area (Å²) in [6.45, 7) is 2.20. The van der Waals surface area contributed by atoms with Gasteiger partial charge in [0.25, 0.3) is 0 Å². The molecule has 2 nitrogen and oxygen atoms in total. The lowest BCUT2D eigenvalue weighted by molar-refractivity contribution is 0.0733. The van der Waals surface area contributed by atoms with Gasteiger partial charge in [-0.15, -0.1) is 0 Å². The fourth-order valence-corrected chi connectivity index (χ4v) is 2.85. The molecule has 0 spiro atoms. The minimum atomic E-state index is -1.59. The van der Waals surface area contributed by atoms with Crippen molar-refractivity contribution in [2.75, 3.05) is 0 Å². The van der Waals surface area contributed by atoms with Crippen molar-refractivity contribution in [1.29, 1.82) is 0 Å². The van der Waals surface area contributed by atoms with Crippen LogP contribution < -0.4 is 4.74 Å². The summed E-state index contributed by atoms with van der Waals surface area (Å²) in [5.74, 6) is -5.51. The van der Waals surface area contributed by atoms with E-state index in [1.807, 2.05) is 12.1 Å². The van der Waals surface area contributed by atoms with Crippen molar-refractivity contribution in [3.63, 3.8) is 0 Å². The molecule has 0 aliphatic carbocycles. The topological polar surface area (TPSA) is 26.3 Å². The Balaban J connectivity index is 1.81. The molecule has 0 atom stereocenters. The van der Waals surface area contributed by atoms with Crippen LogP contribution in [0.1, 0.15) is 67.8 Å². The van der Waals surface area contributed by atoms with E-state index in [-0.39, 0.29) is 11.3 Å². The monoisotopic (exact) mass is 378 g/mol. The summed E-state index contributed by atoms with van der Waals surface area (Å²) in [4.78, 5) is 12.1. The third kappa shape index (κ3) is 6.74. The average Bonchev–Trinajstić information content (AvgIpc) is 2.65. The average molecular weight is 378 g/mol. The van der Waals surface area contributed by atoms with Crippen molar-refractivity contribution in [2.45, 2.75) is 58.3 Å². The summed E-state index contributed by atoms with van der Waals surface area (Å²) < 4.78 is 44.2. The van der Waals surface area contributed by atoms with E-state index in [4.69, 9.17) is 4.74 Å². The molecular weight excluding hydrogens is 353 g/mol. The fraction of sp³-hybridized carbons (Fsp3) is 0.409. The lowest BCUT2D eigenvalue weighted by Gasteiger charge is -2.07. The van der Waals surface area contributed by atoms with Crippen molar-refractivity contribution in [2.24, 2.45) is 0 Å². The van der Waals surface area contributed by atoms with Crippen LogP contribution in [0.3, 0.4) is 0 Å². The van der Waals surface area contributed by atoms with Crippen LogP contribution in [0.4, 0.5) is 13.2 Å². The summed E-state index contributed by atoms with van der Waals surface area (Å²) >= 11 is 0. The van der Waals surface area contributed by atoms with Gasteiger partial charge in [-0.25, -0.2) is 18.0 Å². The van der Waals surface area contributed by atoms with Gasteiger partial charge in [0.1, 0.15) is 5.75 Å². The Morgan fingerprint density at radius 2 is 1.41 bits per heavy atom. The highest BCUT2D eigenvalue weighted by Crippen LogP contribution is 2.20. The van der Waals surface area contributed by atoms with E-state index in [1.165, 1.54) is 38.5 Å². The largest absolute Gasteiger partial charge is 0.423 e. The number of unbranched alkanes of at least 4 members (excludes halogenated alkanes) is 6. The van der Waals surface area contributed by atoms with E-state index >= 15 is 0 Å². The predicted octanol–water partition coefficient (Wildman–Crippen LogP) is 6.62. The predicted molar refractivity (Wildman–Crippen MR) is 99.4 cm³/mol. The van der Waals surface area contributed by atoms with E-state index < -0.39 is 23.4 Å². The molecule has 0 radical (unpaired) electrons. The lowest BCUT2D eigenvalue weighted by atomic mass is 10.0. The van der Waals surface area contributed by atoms with Crippen LogP contribution in [-0.4, -0.2) is 5.97 Å². The Kier molecular flexibility index (Phi) is 8.37. The highest BCUT2D eigenvalue weighted by molar-refractivity contribution is 5.91. The molecular formula is C22H25F3O2. The Bertz CT molecular complexity index is 719. The Morgan fingerprint density at radius 3 is 2.00 bits per heavy atom. The number of carbonyl (C=O) groups is 1. The van der Waals surface area contributed by atoms with Gasteiger partial charge in [0.15, 0.2) is 17.5 Å². The van der Waals surface area contributed by atoms with Crippen LogP contribution in [-0.2, 0) is 6.42 Å². The molecule has 27 heavy (non-hydrogen) atoms. The van der Waals surface area contributed by atoms with Gasteiger partial charge in [-0.3, -0.25) is 0 Å². The lowest BCUT2D eigenvalue weighted by Crippen LogP contribution is -2.09. The molecule has 0 saturated carbocycles. The standard InChI is InChI=1S/C22H25F3O2/c1-2-3-4-5-6-7-8-9-16-10-12-17(13-11-16)22(26)27-18-14-19(23)21(25)20(24)15-18/h10-15H,2-9H2,1H3. The molecule has 2 aromatic carbocycles. The molecule has 0 aliphatic rings. The molecule has 0 aliphatic heterocycles. The van der Waals surface area contributed by atoms with Crippen LogP contribution in [0.5, 0.6) is 5.75 Å². The molecule has 146 valence electrons. The minimum absolute atomic E-state index is 0.267. The molecule has 0 heterocycles. The summed E-state index contributed by atoms with van der Waals surface area (Å²) in [5, 5.41) is 0. The summed E-state index contributed by atoms with van der Waals surface area (Å²) in [6, 6.07) is 8.22. The number of ether oxygens (including phenoxy) is 1. The second-order valence-electron chi connectivity index (χ2n) is 6.66. The van der Waals surface area contributed by atoms with Crippen molar-refractivity contribution < 1.29 is 22.7 Å². The third-order valence-corrected chi connectivity index (χ3v) is 4.43. The molecule has 0 unspecified atom stereocenters. The Morgan fingerprint density at radius 1 is 0.852 bits per heavy atom. The quantitative estimate of drug-likeness (QED) is 0.201. The van der Waals surface area contributed by atoms with Gasteiger partial charge < -0.3 is 4.74 Å². The van der Waals surface area contributed by atoms with Crippen LogP contribution in [0.15, 0.2) is 36.4 Å². The van der Waals surface area contributed by atoms with Gasteiger partial charge in [-0.2, -0.15) is 0 Å². The second-order valence-corrected chi connectivity index (χ2v) is 6.66. The highest BCUT2D eigenvalue weighted by atomic mass is 19.2. The molecule has 0 N–H and O–H groups in total. The number of rotatable bonds is 10. The zero-order valence-corrected chi connectivity index (χ0v) is 15.6.